The number of fused-ring (bicyclic) bond motifs is 4. The molecule has 55 heavy (non-hydrogen) atoms. The molecular formula is C49H49N4OPt-3. The summed E-state index contributed by atoms with van der Waals surface area (Å²) >= 11 is 0. The van der Waals surface area contributed by atoms with Gasteiger partial charge in [0.25, 0.3) is 0 Å². The van der Waals surface area contributed by atoms with Gasteiger partial charge in [0.05, 0.1) is 0 Å². The minimum atomic E-state index is -0.00814. The Kier molecular flexibility index (Phi) is 10.5. The third-order valence-corrected chi connectivity index (χ3v) is 10.8. The van der Waals surface area contributed by atoms with E-state index < -0.39 is 0 Å². The Bertz CT molecular complexity index is 2480. The molecule has 5 aromatic carbocycles. The van der Waals surface area contributed by atoms with Crippen LogP contribution in [0.4, 0.5) is 22.7 Å². The Morgan fingerprint density at radius 3 is 2.16 bits per heavy atom. The van der Waals surface area contributed by atoms with Crippen molar-refractivity contribution in [3.63, 3.8) is 0 Å². The van der Waals surface area contributed by atoms with Gasteiger partial charge < -0.3 is 19.1 Å². The summed E-state index contributed by atoms with van der Waals surface area (Å²) in [5, 5.41) is 2.25. The molecule has 2 aromatic heterocycles. The Morgan fingerprint density at radius 2 is 1.40 bits per heavy atom. The molecule has 284 valence electrons. The van der Waals surface area contributed by atoms with Crippen molar-refractivity contribution >= 4 is 44.6 Å². The molecule has 0 bridgehead atoms. The summed E-state index contributed by atoms with van der Waals surface area (Å²) in [6, 6.07) is 46.0. The average Bonchev–Trinajstić information content (AvgIpc) is 3.71. The average molecular weight is 905 g/mol. The van der Waals surface area contributed by atoms with Crippen LogP contribution < -0.4 is 14.5 Å². The monoisotopic (exact) mass is 904 g/mol. The fourth-order valence-corrected chi connectivity index (χ4v) is 7.64. The Balaban J connectivity index is 0.00000465. The first-order valence-corrected chi connectivity index (χ1v) is 19.2. The van der Waals surface area contributed by atoms with Crippen LogP contribution in [0.1, 0.15) is 90.8 Å². The van der Waals surface area contributed by atoms with Crippen molar-refractivity contribution in [3.05, 3.63) is 151 Å². The molecule has 0 unspecified atom stereocenters. The first kappa shape index (κ1) is 38.4. The fraction of sp³-hybridized carbons (Fsp3) is 0.265. The third-order valence-electron chi connectivity index (χ3n) is 10.8. The first-order chi connectivity index (χ1) is 25.9. The zero-order chi connectivity index (χ0) is 37.8. The zero-order valence-electron chi connectivity index (χ0n) is 33.1. The van der Waals surface area contributed by atoms with Crippen LogP contribution in [0.3, 0.4) is 0 Å². The summed E-state index contributed by atoms with van der Waals surface area (Å²) in [6.07, 6.45) is 4.12. The maximum Gasteiger partial charge on any atom is 0.135 e. The van der Waals surface area contributed by atoms with Gasteiger partial charge in [-0.15, -0.1) is 48.1 Å². The number of rotatable bonds is 8. The molecule has 0 spiro atoms. The molecule has 0 saturated carbocycles. The summed E-state index contributed by atoms with van der Waals surface area (Å²) in [5.41, 5.74) is 10.3. The maximum atomic E-state index is 6.58. The summed E-state index contributed by atoms with van der Waals surface area (Å²) in [6.45, 7) is 20.2. The van der Waals surface area contributed by atoms with Gasteiger partial charge in [-0.3, -0.25) is 0 Å². The number of hydrogen-bond acceptors (Lipinski definition) is 4. The van der Waals surface area contributed by atoms with Crippen molar-refractivity contribution < 1.29 is 25.8 Å². The Labute approximate surface area is 341 Å². The summed E-state index contributed by atoms with van der Waals surface area (Å²) in [5.74, 6) is 2.62. The smallest absolute Gasteiger partial charge is 0.135 e. The number of benzene rings is 5. The van der Waals surface area contributed by atoms with Crippen LogP contribution in [0.15, 0.2) is 115 Å². The van der Waals surface area contributed by atoms with E-state index in [0.717, 1.165) is 57.5 Å². The second-order valence-corrected chi connectivity index (χ2v) is 16.5. The van der Waals surface area contributed by atoms with Gasteiger partial charge in [-0.1, -0.05) is 97.3 Å². The van der Waals surface area contributed by atoms with E-state index in [2.05, 4.69) is 180 Å². The Hall–Kier alpha value is -4.86. The van der Waals surface area contributed by atoms with Crippen LogP contribution in [0, 0.1) is 18.8 Å². The molecule has 0 atom stereocenters. The van der Waals surface area contributed by atoms with Crippen LogP contribution in [-0.2, 0) is 31.9 Å². The van der Waals surface area contributed by atoms with E-state index in [9.17, 15) is 0 Å². The van der Waals surface area contributed by atoms with Gasteiger partial charge in [0, 0.05) is 61.3 Å². The number of anilines is 4. The molecule has 0 saturated heterocycles. The van der Waals surface area contributed by atoms with Crippen molar-refractivity contribution in [1.82, 2.24) is 9.55 Å². The number of hydrogen-bond donors (Lipinski definition) is 0. The standard InChI is InChI=1S/C49H49N4O.Pt/c1-9-33(10-2)34-21-24-44-46(27-34)52(37-16-13-15-35(28-37)48(3,4)5)32-51(44)38-17-14-18-39(30-38)54-40-22-23-42-41-19-11-12-20-43(41)53(45(42)31-40)47-29-36(25-26-50-47)49(6,7)8;/h11-29,32-33H,9-10H2,1-8H3;/q-3;. The minimum Gasteiger partial charge on any atom is -0.509 e. The quantitative estimate of drug-likeness (QED) is 0.142. The second kappa shape index (κ2) is 15.0. The third kappa shape index (κ3) is 7.32. The second-order valence-electron chi connectivity index (χ2n) is 16.5. The van der Waals surface area contributed by atoms with Gasteiger partial charge in [-0.25, -0.2) is 4.98 Å². The Morgan fingerprint density at radius 1 is 0.673 bits per heavy atom. The number of pyridine rings is 1. The van der Waals surface area contributed by atoms with Gasteiger partial charge in [0.15, 0.2) is 0 Å². The molecule has 6 heteroatoms. The molecule has 1 aliphatic rings. The molecule has 3 heterocycles. The van der Waals surface area contributed by atoms with E-state index in [0.29, 0.717) is 17.4 Å². The van der Waals surface area contributed by atoms with Gasteiger partial charge in [0.1, 0.15) is 5.82 Å². The van der Waals surface area contributed by atoms with Gasteiger partial charge in [-0.2, -0.15) is 12.1 Å². The predicted molar refractivity (Wildman–Crippen MR) is 225 cm³/mol. The van der Waals surface area contributed by atoms with Crippen LogP contribution in [-0.4, -0.2) is 9.55 Å². The number of nitrogens with zero attached hydrogens (tertiary/aromatic N) is 4. The van der Waals surface area contributed by atoms with E-state index in [-0.39, 0.29) is 31.9 Å². The minimum absolute atomic E-state index is 0. The van der Waals surface area contributed by atoms with Crippen molar-refractivity contribution in [2.24, 2.45) is 0 Å². The summed E-state index contributed by atoms with van der Waals surface area (Å²) in [4.78, 5) is 9.38. The predicted octanol–water partition coefficient (Wildman–Crippen LogP) is 13.5. The molecule has 0 aliphatic carbocycles. The normalized spacial score (nSPS) is 13.1. The van der Waals surface area contributed by atoms with Crippen molar-refractivity contribution in [1.29, 1.82) is 0 Å². The molecular weight excluding hydrogens is 856 g/mol. The molecule has 7 aromatic rings. The first-order valence-electron chi connectivity index (χ1n) is 19.2. The van der Waals surface area contributed by atoms with E-state index >= 15 is 0 Å². The van der Waals surface area contributed by atoms with Crippen LogP contribution in [0.25, 0.3) is 27.6 Å². The maximum absolute atomic E-state index is 6.58. The molecule has 0 N–H and O–H groups in total. The number of aromatic nitrogens is 2. The summed E-state index contributed by atoms with van der Waals surface area (Å²) in [7, 11) is 0. The molecule has 0 fully saturated rings. The molecule has 5 nitrogen and oxygen atoms in total. The number of ether oxygens (including phenoxy) is 1. The van der Waals surface area contributed by atoms with Crippen molar-refractivity contribution in [2.45, 2.75) is 85.0 Å². The molecule has 8 rings (SSSR count). The van der Waals surface area contributed by atoms with Crippen molar-refractivity contribution in [3.8, 4) is 17.3 Å². The van der Waals surface area contributed by atoms with E-state index in [1.165, 1.54) is 22.4 Å². The molecule has 0 radical (unpaired) electrons. The van der Waals surface area contributed by atoms with E-state index in [1.807, 2.05) is 24.4 Å². The number of para-hydroxylation sites is 1. The SMILES string of the molecule is CCC(CC)c1ccc2c(c1)N(c1cccc(C(C)(C)C)c1)[CH-]N2c1[c-]c(Oc2[c-]c3c(cc2)c2ccccc2n3-c2cc(C(C)(C)C)ccn2)ccc1.[Pt]. The van der Waals surface area contributed by atoms with Gasteiger partial charge in [0.2, 0.25) is 0 Å². The van der Waals surface area contributed by atoms with Gasteiger partial charge >= 0.3 is 0 Å². The van der Waals surface area contributed by atoms with Crippen LogP contribution in [0.5, 0.6) is 11.5 Å². The zero-order valence-corrected chi connectivity index (χ0v) is 35.3. The van der Waals surface area contributed by atoms with Crippen LogP contribution in [0.2, 0.25) is 0 Å². The summed E-state index contributed by atoms with van der Waals surface area (Å²) < 4.78 is 8.78. The van der Waals surface area contributed by atoms with Crippen LogP contribution >= 0.6 is 0 Å². The van der Waals surface area contributed by atoms with E-state index in [1.54, 1.807) is 0 Å². The largest absolute Gasteiger partial charge is 0.509 e. The van der Waals surface area contributed by atoms with Gasteiger partial charge in [-0.05, 0) is 94.1 Å². The molecule has 1 aliphatic heterocycles. The topological polar surface area (TPSA) is 33.5 Å². The van der Waals surface area contributed by atoms with E-state index in [4.69, 9.17) is 9.72 Å². The molecule has 0 amide bonds. The van der Waals surface area contributed by atoms with Crippen molar-refractivity contribution in [2.75, 3.05) is 9.80 Å². The fourth-order valence-electron chi connectivity index (χ4n) is 7.64.